The van der Waals surface area contributed by atoms with Crippen molar-refractivity contribution in [2.24, 2.45) is 0 Å². The standard InChI is InChI=1S/C15H13O2.C5H5.Fe/c16-15(11-5-1-2-6-11)17-14-9-12-7-3-4-8-13(12)10-14;1-2-4-5-3-1;/h1-8,14H,9-10H2;1-5H;/q-1;-5;. The van der Waals surface area contributed by atoms with Gasteiger partial charge in [-0.15, -0.1) is 0 Å². The SMILES string of the molecule is O=C(OC1Cc2ccccc2C1)[c-]1cccc1.[Fe].[cH-]1[cH-][cH-][cH-][cH-]1. The van der Waals surface area contributed by atoms with Crippen molar-refractivity contribution >= 4 is 5.97 Å². The fraction of sp³-hybridized carbons (Fsp3) is 0.150. The monoisotopic (exact) mass is 346 g/mol. The van der Waals surface area contributed by atoms with Crippen molar-refractivity contribution in [3.8, 4) is 0 Å². The van der Waals surface area contributed by atoms with Crippen molar-refractivity contribution in [1.29, 1.82) is 0 Å². The molecule has 124 valence electrons. The zero-order chi connectivity index (χ0) is 15.2. The summed E-state index contributed by atoms with van der Waals surface area (Å²) >= 11 is 0. The fourth-order valence-electron chi connectivity index (χ4n) is 2.65. The van der Waals surface area contributed by atoms with Crippen LogP contribution in [0.4, 0.5) is 0 Å². The first kappa shape index (κ1) is 17.3. The molecule has 0 bridgehead atoms. The van der Waals surface area contributed by atoms with Crippen LogP contribution < -0.4 is 0 Å². The number of esters is 1. The van der Waals surface area contributed by atoms with Crippen LogP contribution in [-0.4, -0.2) is 12.1 Å². The molecule has 3 heteroatoms. The molecule has 0 saturated heterocycles. The van der Waals surface area contributed by atoms with Gasteiger partial charge in [-0.2, -0.15) is 12.1 Å². The Morgan fingerprint density at radius 3 is 1.87 bits per heavy atom. The Labute approximate surface area is 147 Å². The molecule has 0 aliphatic heterocycles. The van der Waals surface area contributed by atoms with Crippen LogP contribution in [0.15, 0.2) is 78.9 Å². The first-order valence-corrected chi connectivity index (χ1v) is 7.49. The summed E-state index contributed by atoms with van der Waals surface area (Å²) in [6, 6.07) is 25.5. The van der Waals surface area contributed by atoms with Gasteiger partial charge < -0.3 is 35.1 Å². The van der Waals surface area contributed by atoms with E-state index in [1.165, 1.54) is 11.1 Å². The van der Waals surface area contributed by atoms with Crippen LogP contribution >= 0.6 is 0 Å². The van der Waals surface area contributed by atoms with E-state index in [4.69, 9.17) is 4.74 Å². The Kier molecular flexibility index (Phi) is 6.39. The van der Waals surface area contributed by atoms with Gasteiger partial charge in [0.2, 0.25) is 0 Å². The fourth-order valence-corrected chi connectivity index (χ4v) is 2.65. The van der Waals surface area contributed by atoms with Crippen LogP contribution in [0, 0.1) is 0 Å². The minimum absolute atomic E-state index is 0. The van der Waals surface area contributed by atoms with E-state index in [0.717, 1.165) is 12.8 Å². The van der Waals surface area contributed by atoms with Gasteiger partial charge in [0.1, 0.15) is 6.10 Å². The second kappa shape index (κ2) is 8.52. The van der Waals surface area contributed by atoms with E-state index < -0.39 is 0 Å². The van der Waals surface area contributed by atoms with Gasteiger partial charge >= 0.3 is 0 Å². The van der Waals surface area contributed by atoms with Gasteiger partial charge in [-0.3, -0.25) is 4.79 Å². The molecular weight excluding hydrogens is 328 g/mol. The van der Waals surface area contributed by atoms with E-state index in [9.17, 15) is 4.79 Å². The largest absolute Gasteiger partial charge is 0.748 e. The molecule has 0 amide bonds. The van der Waals surface area contributed by atoms with Gasteiger partial charge in [0.15, 0.2) is 0 Å². The third kappa shape index (κ3) is 4.69. The molecule has 0 radical (unpaired) electrons. The van der Waals surface area contributed by atoms with Crippen LogP contribution in [0.25, 0.3) is 0 Å². The molecule has 1 aliphatic rings. The molecular formula is C20H18FeO2-6. The maximum atomic E-state index is 11.8. The van der Waals surface area contributed by atoms with E-state index in [0.29, 0.717) is 5.56 Å². The summed E-state index contributed by atoms with van der Waals surface area (Å²) in [5.41, 5.74) is 3.24. The number of hydrogen-bond donors (Lipinski definition) is 0. The zero-order valence-corrected chi connectivity index (χ0v) is 13.8. The van der Waals surface area contributed by atoms with E-state index in [1.807, 2.05) is 54.6 Å². The van der Waals surface area contributed by atoms with Gasteiger partial charge in [-0.1, -0.05) is 29.8 Å². The summed E-state index contributed by atoms with van der Waals surface area (Å²) in [4.78, 5) is 11.8. The summed E-state index contributed by atoms with van der Waals surface area (Å²) < 4.78 is 5.50. The quantitative estimate of drug-likeness (QED) is 0.396. The van der Waals surface area contributed by atoms with Gasteiger partial charge in [-0.25, -0.2) is 12.1 Å². The average molecular weight is 346 g/mol. The van der Waals surface area contributed by atoms with Crippen molar-refractivity contribution in [3.63, 3.8) is 0 Å². The second-order valence-corrected chi connectivity index (χ2v) is 5.34. The summed E-state index contributed by atoms with van der Waals surface area (Å²) in [6.07, 6.45) is 1.67. The topological polar surface area (TPSA) is 26.3 Å². The molecule has 1 aliphatic carbocycles. The normalized spacial score (nSPS) is 12.5. The third-order valence-corrected chi connectivity index (χ3v) is 3.74. The average Bonchev–Trinajstić information content (AvgIpc) is 3.28. The van der Waals surface area contributed by atoms with Crippen molar-refractivity contribution < 1.29 is 26.6 Å². The Morgan fingerprint density at radius 1 is 0.913 bits per heavy atom. The van der Waals surface area contributed by atoms with Crippen molar-refractivity contribution in [2.75, 3.05) is 0 Å². The smallest absolute Gasteiger partial charge is 0.281 e. The van der Waals surface area contributed by atoms with Crippen LogP contribution in [0.1, 0.15) is 21.5 Å². The number of hydrogen-bond acceptors (Lipinski definition) is 2. The molecule has 0 unspecified atom stereocenters. The maximum Gasteiger partial charge on any atom is 0.281 e. The van der Waals surface area contributed by atoms with Crippen molar-refractivity contribution in [2.45, 2.75) is 18.9 Å². The first-order valence-electron chi connectivity index (χ1n) is 7.49. The first-order chi connectivity index (χ1) is 10.8. The molecule has 0 spiro atoms. The van der Waals surface area contributed by atoms with Gasteiger partial charge in [-0.05, 0) is 11.1 Å². The number of rotatable bonds is 2. The van der Waals surface area contributed by atoms with Gasteiger partial charge in [0.25, 0.3) is 5.97 Å². The molecule has 0 atom stereocenters. The van der Waals surface area contributed by atoms with Crippen LogP contribution in [0.2, 0.25) is 0 Å². The molecule has 0 fully saturated rings. The molecule has 3 aromatic rings. The molecule has 0 heterocycles. The third-order valence-electron chi connectivity index (χ3n) is 3.74. The molecule has 23 heavy (non-hydrogen) atoms. The predicted octanol–water partition coefficient (Wildman–Crippen LogP) is 4.13. The maximum absolute atomic E-state index is 11.8. The summed E-state index contributed by atoms with van der Waals surface area (Å²) in [5, 5.41) is 0. The summed E-state index contributed by atoms with van der Waals surface area (Å²) in [5.74, 6) is -0.215. The van der Waals surface area contributed by atoms with Gasteiger partial charge in [0.05, 0.1) is 0 Å². The summed E-state index contributed by atoms with van der Waals surface area (Å²) in [6.45, 7) is 0. The Bertz CT molecular complexity index is 657. The second-order valence-electron chi connectivity index (χ2n) is 5.34. The van der Waals surface area contributed by atoms with Crippen molar-refractivity contribution in [1.82, 2.24) is 0 Å². The Morgan fingerprint density at radius 2 is 1.39 bits per heavy atom. The van der Waals surface area contributed by atoms with E-state index in [-0.39, 0.29) is 29.1 Å². The summed E-state index contributed by atoms with van der Waals surface area (Å²) in [7, 11) is 0. The molecule has 0 saturated carbocycles. The van der Waals surface area contributed by atoms with Crippen molar-refractivity contribution in [3.05, 3.63) is 95.6 Å². The predicted molar refractivity (Wildman–Crippen MR) is 87.1 cm³/mol. The molecule has 3 aromatic carbocycles. The number of benzene rings is 1. The van der Waals surface area contributed by atoms with Crippen LogP contribution in [0.3, 0.4) is 0 Å². The Hall–Kier alpha value is -2.09. The van der Waals surface area contributed by atoms with E-state index >= 15 is 0 Å². The Balaban J connectivity index is 0.000000276. The van der Waals surface area contributed by atoms with E-state index in [1.54, 1.807) is 12.1 Å². The number of carbonyl (C=O) groups excluding carboxylic acids is 1. The molecule has 0 N–H and O–H groups in total. The minimum Gasteiger partial charge on any atom is -0.748 e. The van der Waals surface area contributed by atoms with Gasteiger partial charge in [0, 0.05) is 29.9 Å². The molecule has 4 rings (SSSR count). The zero-order valence-electron chi connectivity index (χ0n) is 12.7. The number of fused-ring (bicyclic) bond motifs is 1. The van der Waals surface area contributed by atoms with Crippen LogP contribution in [0.5, 0.6) is 0 Å². The van der Waals surface area contributed by atoms with E-state index in [2.05, 4.69) is 12.1 Å². The minimum atomic E-state index is -0.215. The molecule has 0 aromatic heterocycles. The molecule has 2 nitrogen and oxygen atoms in total. The van der Waals surface area contributed by atoms with Crippen LogP contribution in [-0.2, 0) is 34.6 Å². The number of ether oxygens (including phenoxy) is 1. The number of carbonyl (C=O) groups is 1.